The third-order valence-electron chi connectivity index (χ3n) is 3.88. The highest BCUT2D eigenvalue weighted by molar-refractivity contribution is 6.42. The molecule has 0 atom stereocenters. The van der Waals surface area contributed by atoms with Gasteiger partial charge >= 0.3 is 0 Å². The van der Waals surface area contributed by atoms with Crippen molar-refractivity contribution in [2.24, 2.45) is 5.92 Å². The van der Waals surface area contributed by atoms with E-state index in [1.807, 2.05) is 18.2 Å². The number of nitrogens with zero attached hydrogens (tertiary/aromatic N) is 1. The summed E-state index contributed by atoms with van der Waals surface area (Å²) in [6.07, 6.45) is 3.04. The molecule has 0 spiro atoms. The number of hydrogen-bond donors (Lipinski definition) is 1. The van der Waals surface area contributed by atoms with Crippen molar-refractivity contribution in [2.75, 3.05) is 32.9 Å². The molecule has 1 fully saturated rings. The van der Waals surface area contributed by atoms with E-state index < -0.39 is 0 Å². The summed E-state index contributed by atoms with van der Waals surface area (Å²) in [5, 5.41) is 10.3. The molecule has 1 aliphatic rings. The molecule has 2 rings (SSSR count). The number of hydrogen-bond acceptors (Lipinski definition) is 3. The molecule has 0 aromatic heterocycles. The molecule has 3 nitrogen and oxygen atoms in total. The Morgan fingerprint density at radius 1 is 1.19 bits per heavy atom. The minimum atomic E-state index is 0.228. The molecule has 1 aromatic carbocycles. The molecule has 118 valence electrons. The maximum Gasteiger partial charge on any atom is 0.0595 e. The summed E-state index contributed by atoms with van der Waals surface area (Å²) in [4.78, 5) is 2.39. The van der Waals surface area contributed by atoms with Gasteiger partial charge < -0.3 is 9.84 Å². The van der Waals surface area contributed by atoms with E-state index in [4.69, 9.17) is 33.0 Å². The Bertz CT molecular complexity index is 436. The lowest BCUT2D eigenvalue weighted by atomic mass is 9.99. The molecule has 1 N–H and O–H groups in total. The predicted octanol–water partition coefficient (Wildman–Crippen LogP) is 3.60. The molecule has 1 aliphatic heterocycles. The summed E-state index contributed by atoms with van der Waals surface area (Å²) in [5.41, 5.74) is 1.16. The van der Waals surface area contributed by atoms with Crippen LogP contribution >= 0.6 is 23.2 Å². The van der Waals surface area contributed by atoms with Crippen LogP contribution in [0.2, 0.25) is 10.0 Å². The molecule has 0 bridgehead atoms. The molecule has 0 saturated carbocycles. The number of benzene rings is 1. The van der Waals surface area contributed by atoms with E-state index in [0.29, 0.717) is 16.0 Å². The summed E-state index contributed by atoms with van der Waals surface area (Å²) >= 11 is 12.1. The Morgan fingerprint density at radius 2 is 1.95 bits per heavy atom. The molecular weight excluding hydrogens is 309 g/mol. The van der Waals surface area contributed by atoms with Gasteiger partial charge in [0.15, 0.2) is 0 Å². The van der Waals surface area contributed by atoms with Gasteiger partial charge in [0.25, 0.3) is 0 Å². The van der Waals surface area contributed by atoms with E-state index >= 15 is 0 Å². The highest BCUT2D eigenvalue weighted by Gasteiger charge is 2.18. The summed E-state index contributed by atoms with van der Waals surface area (Å²) < 4.78 is 5.42. The van der Waals surface area contributed by atoms with Crippen LogP contribution in [-0.4, -0.2) is 42.9 Å². The van der Waals surface area contributed by atoms with Gasteiger partial charge in [0.2, 0.25) is 0 Å². The van der Waals surface area contributed by atoms with Gasteiger partial charge in [0, 0.05) is 39.5 Å². The van der Waals surface area contributed by atoms with E-state index in [9.17, 15) is 0 Å². The second-order valence-electron chi connectivity index (χ2n) is 5.62. The first-order chi connectivity index (χ1) is 10.2. The molecule has 0 amide bonds. The molecule has 0 aliphatic carbocycles. The monoisotopic (exact) mass is 331 g/mol. The zero-order chi connectivity index (χ0) is 15.1. The zero-order valence-corrected chi connectivity index (χ0v) is 13.7. The number of aliphatic hydroxyl groups excluding tert-OH is 1. The molecule has 1 heterocycles. The molecule has 0 radical (unpaired) electrons. The van der Waals surface area contributed by atoms with Gasteiger partial charge in [-0.2, -0.15) is 0 Å². The van der Waals surface area contributed by atoms with Gasteiger partial charge in [-0.25, -0.2) is 0 Å². The van der Waals surface area contributed by atoms with Gasteiger partial charge in [-0.15, -0.1) is 0 Å². The Balaban J connectivity index is 1.95. The largest absolute Gasteiger partial charge is 0.396 e. The normalized spacial score (nSPS) is 16.6. The van der Waals surface area contributed by atoms with Crippen molar-refractivity contribution in [2.45, 2.75) is 25.8 Å². The van der Waals surface area contributed by atoms with Crippen molar-refractivity contribution >= 4 is 23.2 Å². The Morgan fingerprint density at radius 3 is 2.62 bits per heavy atom. The predicted molar refractivity (Wildman–Crippen MR) is 87.0 cm³/mol. The third-order valence-corrected chi connectivity index (χ3v) is 4.62. The number of halogens is 2. The number of aliphatic hydroxyl groups is 1. The van der Waals surface area contributed by atoms with E-state index in [0.717, 1.165) is 57.7 Å². The lowest BCUT2D eigenvalue weighted by Crippen LogP contribution is -2.33. The average Bonchev–Trinajstić information content (AvgIpc) is 2.49. The van der Waals surface area contributed by atoms with Crippen LogP contribution in [0, 0.1) is 5.92 Å². The second kappa shape index (κ2) is 8.96. The Hall–Kier alpha value is -0.320. The topological polar surface area (TPSA) is 32.7 Å². The minimum absolute atomic E-state index is 0.228. The second-order valence-corrected chi connectivity index (χ2v) is 6.43. The van der Waals surface area contributed by atoms with Crippen molar-refractivity contribution in [3.05, 3.63) is 33.8 Å². The maximum atomic E-state index is 9.08. The van der Waals surface area contributed by atoms with Crippen LogP contribution in [-0.2, 0) is 11.3 Å². The fourth-order valence-corrected chi connectivity index (χ4v) is 3.04. The van der Waals surface area contributed by atoms with Gasteiger partial charge in [0.1, 0.15) is 0 Å². The molecule has 0 unspecified atom stereocenters. The lowest BCUT2D eigenvalue weighted by molar-refractivity contribution is 0.0504. The number of rotatable bonds is 7. The quantitative estimate of drug-likeness (QED) is 0.828. The highest BCUT2D eigenvalue weighted by Crippen LogP contribution is 2.24. The van der Waals surface area contributed by atoms with Gasteiger partial charge in [-0.3, -0.25) is 4.90 Å². The highest BCUT2D eigenvalue weighted by atomic mass is 35.5. The lowest BCUT2D eigenvalue weighted by Gasteiger charge is -2.29. The van der Waals surface area contributed by atoms with E-state index in [1.165, 1.54) is 0 Å². The first-order valence-electron chi connectivity index (χ1n) is 7.54. The number of ether oxygens (including phenoxy) is 1. The fraction of sp³-hybridized carbons (Fsp3) is 0.625. The Labute approximate surface area is 136 Å². The summed E-state index contributed by atoms with van der Waals surface area (Å²) in [7, 11) is 0. The van der Waals surface area contributed by atoms with Crippen molar-refractivity contribution in [1.82, 2.24) is 4.90 Å². The SMILES string of the molecule is OCCCN(Cc1ccc(Cl)c(Cl)c1)CC1CCOCC1. The summed E-state index contributed by atoms with van der Waals surface area (Å²) in [6.45, 7) is 4.74. The van der Waals surface area contributed by atoms with Crippen LogP contribution in [0.5, 0.6) is 0 Å². The summed E-state index contributed by atoms with van der Waals surface area (Å²) in [5.74, 6) is 0.681. The third kappa shape index (κ3) is 5.76. The van der Waals surface area contributed by atoms with E-state index in [2.05, 4.69) is 4.90 Å². The van der Waals surface area contributed by atoms with E-state index in [-0.39, 0.29) is 6.61 Å². The first-order valence-corrected chi connectivity index (χ1v) is 8.29. The fourth-order valence-electron chi connectivity index (χ4n) is 2.72. The van der Waals surface area contributed by atoms with Crippen LogP contribution in [0.3, 0.4) is 0 Å². The molecule has 21 heavy (non-hydrogen) atoms. The molecule has 1 saturated heterocycles. The van der Waals surface area contributed by atoms with Crippen molar-refractivity contribution in [1.29, 1.82) is 0 Å². The van der Waals surface area contributed by atoms with Crippen LogP contribution in [0.15, 0.2) is 18.2 Å². The van der Waals surface area contributed by atoms with Crippen LogP contribution < -0.4 is 0 Å². The smallest absolute Gasteiger partial charge is 0.0595 e. The van der Waals surface area contributed by atoms with Crippen LogP contribution in [0.1, 0.15) is 24.8 Å². The van der Waals surface area contributed by atoms with Gasteiger partial charge in [-0.1, -0.05) is 29.3 Å². The molecular formula is C16H23Cl2NO2. The van der Waals surface area contributed by atoms with Crippen molar-refractivity contribution in [3.8, 4) is 0 Å². The van der Waals surface area contributed by atoms with Crippen molar-refractivity contribution < 1.29 is 9.84 Å². The van der Waals surface area contributed by atoms with Crippen molar-refractivity contribution in [3.63, 3.8) is 0 Å². The van der Waals surface area contributed by atoms with E-state index in [1.54, 1.807) is 0 Å². The standard InChI is InChI=1S/C16H23Cl2NO2/c17-15-3-2-14(10-16(15)18)12-19(6-1-7-20)11-13-4-8-21-9-5-13/h2-3,10,13,20H,1,4-9,11-12H2. The Kier molecular flexibility index (Phi) is 7.27. The average molecular weight is 332 g/mol. The van der Waals surface area contributed by atoms with Crippen LogP contribution in [0.25, 0.3) is 0 Å². The minimum Gasteiger partial charge on any atom is -0.396 e. The summed E-state index contributed by atoms with van der Waals surface area (Å²) in [6, 6.07) is 5.79. The zero-order valence-electron chi connectivity index (χ0n) is 12.2. The molecule has 1 aromatic rings. The van der Waals surface area contributed by atoms with Gasteiger partial charge in [0.05, 0.1) is 10.0 Å². The van der Waals surface area contributed by atoms with Crippen LogP contribution in [0.4, 0.5) is 0 Å². The first kappa shape index (κ1) is 17.0. The van der Waals surface area contributed by atoms with Gasteiger partial charge in [-0.05, 0) is 42.9 Å². The molecule has 5 heteroatoms. The maximum absolute atomic E-state index is 9.08.